The van der Waals surface area contributed by atoms with Crippen molar-refractivity contribution in [1.29, 1.82) is 0 Å². The summed E-state index contributed by atoms with van der Waals surface area (Å²) in [5.41, 5.74) is 0.990. The molecular weight excluding hydrogens is 548 g/mol. The third-order valence-electron chi connectivity index (χ3n) is 4.48. The minimum Gasteiger partial charge on any atom is -0.493 e. The summed E-state index contributed by atoms with van der Waals surface area (Å²) < 4.78 is 11.3. The van der Waals surface area contributed by atoms with E-state index in [4.69, 9.17) is 21.1 Å². The standard InChI is InChI=1S/C23H20BrClN2O6S/c1-3-32-18-8-5-14(24)9-13(18)10-19-21(29)27(23(31)34-19)12-20(28)26-15-6-7-17(25)16(11-15)22(30)33-4-2/h5-11H,3-4,12H2,1-2H3,(H,26,28)/b19-10+. The number of esters is 1. The van der Waals surface area contributed by atoms with Crippen molar-refractivity contribution in [2.75, 3.05) is 25.1 Å². The van der Waals surface area contributed by atoms with Crippen LogP contribution in [0.1, 0.15) is 29.8 Å². The highest BCUT2D eigenvalue weighted by Gasteiger charge is 2.36. The zero-order chi connectivity index (χ0) is 24.8. The van der Waals surface area contributed by atoms with Gasteiger partial charge in [0.05, 0.1) is 28.7 Å². The number of anilines is 1. The molecule has 0 radical (unpaired) electrons. The molecule has 1 aliphatic rings. The SMILES string of the molecule is CCOC(=O)c1cc(NC(=O)CN2C(=O)S/C(=C/c3cc(Br)ccc3OCC)C2=O)ccc1Cl. The number of thioether (sulfide) groups is 1. The van der Waals surface area contributed by atoms with Crippen LogP contribution in [0.15, 0.2) is 45.8 Å². The van der Waals surface area contributed by atoms with Gasteiger partial charge in [0.2, 0.25) is 5.91 Å². The van der Waals surface area contributed by atoms with Crippen molar-refractivity contribution in [3.8, 4) is 5.75 Å². The molecule has 1 fully saturated rings. The van der Waals surface area contributed by atoms with Crippen molar-refractivity contribution in [3.63, 3.8) is 0 Å². The third-order valence-corrected chi connectivity index (χ3v) is 6.21. The number of benzene rings is 2. The number of nitrogens with zero attached hydrogens (tertiary/aromatic N) is 1. The molecule has 0 unspecified atom stereocenters. The van der Waals surface area contributed by atoms with E-state index in [1.807, 2.05) is 13.0 Å². The van der Waals surface area contributed by atoms with E-state index in [2.05, 4.69) is 21.2 Å². The Kier molecular flexibility index (Phi) is 8.76. The molecule has 0 saturated carbocycles. The molecule has 1 aliphatic heterocycles. The van der Waals surface area contributed by atoms with E-state index in [1.165, 1.54) is 18.2 Å². The molecule has 0 aromatic heterocycles. The molecule has 8 nitrogen and oxygen atoms in total. The van der Waals surface area contributed by atoms with E-state index in [9.17, 15) is 19.2 Å². The molecule has 34 heavy (non-hydrogen) atoms. The van der Waals surface area contributed by atoms with E-state index in [0.29, 0.717) is 17.9 Å². The second kappa shape index (κ2) is 11.5. The first-order chi connectivity index (χ1) is 16.2. The maximum atomic E-state index is 12.8. The second-order valence-corrected chi connectivity index (χ2v) is 9.16. The first-order valence-electron chi connectivity index (χ1n) is 10.2. The van der Waals surface area contributed by atoms with Crippen molar-refractivity contribution in [2.24, 2.45) is 0 Å². The molecule has 3 rings (SSSR count). The molecule has 1 saturated heterocycles. The maximum Gasteiger partial charge on any atom is 0.339 e. The number of imide groups is 1. The normalized spacial score (nSPS) is 14.5. The summed E-state index contributed by atoms with van der Waals surface area (Å²) in [6.45, 7) is 3.62. The molecule has 1 heterocycles. The van der Waals surface area contributed by atoms with Gasteiger partial charge in [-0.15, -0.1) is 0 Å². The topological polar surface area (TPSA) is 102 Å². The van der Waals surface area contributed by atoms with Crippen LogP contribution >= 0.6 is 39.3 Å². The monoisotopic (exact) mass is 566 g/mol. The molecule has 11 heteroatoms. The molecule has 2 aromatic carbocycles. The van der Waals surface area contributed by atoms with Crippen LogP contribution in [0.4, 0.5) is 10.5 Å². The number of nitrogens with one attached hydrogen (secondary N) is 1. The van der Waals surface area contributed by atoms with Crippen LogP contribution in [0.5, 0.6) is 5.75 Å². The molecule has 2 aromatic rings. The van der Waals surface area contributed by atoms with Gasteiger partial charge in [0.25, 0.3) is 11.1 Å². The Morgan fingerprint density at radius 2 is 1.91 bits per heavy atom. The van der Waals surface area contributed by atoms with Crippen molar-refractivity contribution >= 4 is 74.1 Å². The van der Waals surface area contributed by atoms with Crippen LogP contribution in [0.25, 0.3) is 6.08 Å². The molecule has 3 amide bonds. The summed E-state index contributed by atoms with van der Waals surface area (Å²) in [7, 11) is 0. The minimum absolute atomic E-state index is 0.0922. The van der Waals surface area contributed by atoms with E-state index in [1.54, 1.807) is 25.1 Å². The number of hydrogen-bond donors (Lipinski definition) is 1. The van der Waals surface area contributed by atoms with Gasteiger partial charge in [0, 0.05) is 15.7 Å². The van der Waals surface area contributed by atoms with Gasteiger partial charge >= 0.3 is 5.97 Å². The number of ether oxygens (including phenoxy) is 2. The number of carbonyl (C=O) groups excluding carboxylic acids is 4. The van der Waals surface area contributed by atoms with Gasteiger partial charge < -0.3 is 14.8 Å². The molecule has 0 aliphatic carbocycles. The lowest BCUT2D eigenvalue weighted by Gasteiger charge is -2.13. The van der Waals surface area contributed by atoms with Gasteiger partial charge in [-0.2, -0.15) is 0 Å². The quantitative estimate of drug-likeness (QED) is 0.339. The third kappa shape index (κ3) is 6.19. The summed E-state index contributed by atoms with van der Waals surface area (Å²) in [6, 6.07) is 9.65. The Morgan fingerprint density at radius 3 is 2.62 bits per heavy atom. The number of halogens is 2. The summed E-state index contributed by atoms with van der Waals surface area (Å²) in [6.07, 6.45) is 1.56. The van der Waals surface area contributed by atoms with Crippen LogP contribution in [-0.4, -0.2) is 47.7 Å². The Morgan fingerprint density at radius 1 is 1.15 bits per heavy atom. The Balaban J connectivity index is 1.73. The summed E-state index contributed by atoms with van der Waals surface area (Å²) in [5.74, 6) is -1.26. The van der Waals surface area contributed by atoms with Gasteiger partial charge in [0.15, 0.2) is 0 Å². The van der Waals surface area contributed by atoms with Gasteiger partial charge in [-0.25, -0.2) is 4.79 Å². The van der Waals surface area contributed by atoms with Crippen molar-refractivity contribution in [3.05, 3.63) is 61.9 Å². The lowest BCUT2D eigenvalue weighted by Crippen LogP contribution is -2.36. The molecule has 0 spiro atoms. The second-order valence-electron chi connectivity index (χ2n) is 6.85. The number of rotatable bonds is 8. The van der Waals surface area contributed by atoms with Gasteiger partial charge in [-0.05, 0) is 68.1 Å². The Hall–Kier alpha value is -2.82. The maximum absolute atomic E-state index is 12.8. The Bertz CT molecular complexity index is 1190. The Labute approximate surface area is 213 Å². The van der Waals surface area contributed by atoms with Gasteiger partial charge in [0.1, 0.15) is 12.3 Å². The fraction of sp³-hybridized carbons (Fsp3) is 0.217. The first-order valence-corrected chi connectivity index (χ1v) is 12.2. The van der Waals surface area contributed by atoms with Crippen LogP contribution in [-0.2, 0) is 14.3 Å². The fourth-order valence-electron chi connectivity index (χ4n) is 3.01. The zero-order valence-corrected chi connectivity index (χ0v) is 21.4. The summed E-state index contributed by atoms with van der Waals surface area (Å²) in [4.78, 5) is 50.8. The summed E-state index contributed by atoms with van der Waals surface area (Å²) in [5, 5.41) is 2.17. The minimum atomic E-state index is -0.626. The average Bonchev–Trinajstić information content (AvgIpc) is 3.04. The van der Waals surface area contributed by atoms with Gasteiger partial charge in [-0.1, -0.05) is 27.5 Å². The van der Waals surface area contributed by atoms with Crippen LogP contribution in [0, 0.1) is 0 Å². The lowest BCUT2D eigenvalue weighted by atomic mass is 10.2. The highest BCUT2D eigenvalue weighted by atomic mass is 79.9. The molecule has 0 atom stereocenters. The van der Waals surface area contributed by atoms with E-state index >= 15 is 0 Å². The number of amides is 3. The van der Waals surface area contributed by atoms with Crippen LogP contribution < -0.4 is 10.1 Å². The predicted molar refractivity (Wildman–Crippen MR) is 134 cm³/mol. The molecule has 178 valence electrons. The highest BCUT2D eigenvalue weighted by molar-refractivity contribution is 9.10. The average molecular weight is 568 g/mol. The first kappa shape index (κ1) is 25.8. The molecule has 1 N–H and O–H groups in total. The van der Waals surface area contributed by atoms with E-state index in [-0.39, 0.29) is 27.8 Å². The van der Waals surface area contributed by atoms with E-state index < -0.39 is 29.6 Å². The lowest BCUT2D eigenvalue weighted by molar-refractivity contribution is -0.127. The number of hydrogen-bond acceptors (Lipinski definition) is 7. The van der Waals surface area contributed by atoms with Crippen molar-refractivity contribution in [1.82, 2.24) is 4.90 Å². The summed E-state index contributed by atoms with van der Waals surface area (Å²) >= 11 is 10.2. The zero-order valence-electron chi connectivity index (χ0n) is 18.2. The highest BCUT2D eigenvalue weighted by Crippen LogP contribution is 2.35. The van der Waals surface area contributed by atoms with Crippen LogP contribution in [0.2, 0.25) is 5.02 Å². The predicted octanol–water partition coefficient (Wildman–Crippen LogP) is 5.35. The fourth-order valence-corrected chi connectivity index (χ4v) is 4.41. The van der Waals surface area contributed by atoms with Crippen molar-refractivity contribution < 1.29 is 28.7 Å². The molecule has 0 bridgehead atoms. The van der Waals surface area contributed by atoms with E-state index in [0.717, 1.165) is 21.1 Å². The van der Waals surface area contributed by atoms with Gasteiger partial charge in [-0.3, -0.25) is 19.3 Å². The largest absolute Gasteiger partial charge is 0.493 e. The van der Waals surface area contributed by atoms with Crippen LogP contribution in [0.3, 0.4) is 0 Å². The smallest absolute Gasteiger partial charge is 0.339 e. The number of carbonyl (C=O) groups is 4. The molecular formula is C23H20BrClN2O6S. The van der Waals surface area contributed by atoms with Crippen molar-refractivity contribution in [2.45, 2.75) is 13.8 Å².